The molecule has 2 rings (SSSR count). The van der Waals surface area contributed by atoms with Gasteiger partial charge in [0, 0.05) is 17.1 Å². The Morgan fingerprint density at radius 3 is 2.43 bits per heavy atom. The molecular weight excluding hydrogens is 305 g/mol. The summed E-state index contributed by atoms with van der Waals surface area (Å²) in [7, 11) is 0. The van der Waals surface area contributed by atoms with Crippen LogP contribution in [0.15, 0.2) is 42.5 Å². The third kappa shape index (κ3) is 4.92. The second-order valence-electron chi connectivity index (χ2n) is 5.31. The van der Waals surface area contributed by atoms with Crippen molar-refractivity contribution in [2.75, 3.05) is 6.54 Å². The van der Waals surface area contributed by atoms with Gasteiger partial charge in [-0.15, -0.1) is 0 Å². The molecule has 0 bridgehead atoms. The molecule has 0 saturated carbocycles. The molecule has 0 unspecified atom stereocenters. The highest BCUT2D eigenvalue weighted by atomic mass is 35.5. The number of para-hydroxylation sites is 1. The van der Waals surface area contributed by atoms with E-state index in [-0.39, 0.29) is 0 Å². The van der Waals surface area contributed by atoms with Crippen LogP contribution in [0.25, 0.3) is 0 Å². The van der Waals surface area contributed by atoms with E-state index < -0.39 is 0 Å². The molecule has 0 radical (unpaired) electrons. The number of rotatable bonds is 6. The van der Waals surface area contributed by atoms with E-state index >= 15 is 0 Å². The molecule has 0 saturated heterocycles. The normalized spacial score (nSPS) is 10.9. The van der Waals surface area contributed by atoms with Crippen LogP contribution in [0.1, 0.15) is 19.4 Å². The SMILES string of the molecule is CC(C)CNCc1cccc(Cl)c1Oc1ccc(Cl)cc1. The molecule has 0 atom stereocenters. The highest BCUT2D eigenvalue weighted by Crippen LogP contribution is 2.33. The Bertz CT molecular complexity index is 582. The lowest BCUT2D eigenvalue weighted by molar-refractivity contribution is 0.469. The van der Waals surface area contributed by atoms with Crippen molar-refractivity contribution in [1.82, 2.24) is 5.32 Å². The van der Waals surface area contributed by atoms with E-state index in [1.54, 1.807) is 12.1 Å². The van der Waals surface area contributed by atoms with Crippen LogP contribution in [0.2, 0.25) is 10.0 Å². The summed E-state index contributed by atoms with van der Waals surface area (Å²) < 4.78 is 5.92. The lowest BCUT2D eigenvalue weighted by atomic mass is 10.1. The Labute approximate surface area is 136 Å². The molecule has 0 aliphatic rings. The van der Waals surface area contributed by atoms with Gasteiger partial charge in [0.05, 0.1) is 5.02 Å². The number of nitrogens with one attached hydrogen (secondary N) is 1. The van der Waals surface area contributed by atoms with Crippen molar-refractivity contribution in [2.24, 2.45) is 5.92 Å². The van der Waals surface area contributed by atoms with Crippen molar-refractivity contribution in [1.29, 1.82) is 0 Å². The Morgan fingerprint density at radius 2 is 1.76 bits per heavy atom. The average Bonchev–Trinajstić information content (AvgIpc) is 2.44. The number of ether oxygens (including phenoxy) is 1. The molecule has 2 nitrogen and oxygen atoms in total. The van der Waals surface area contributed by atoms with Gasteiger partial charge in [-0.2, -0.15) is 0 Å². The van der Waals surface area contributed by atoms with Crippen LogP contribution in [0.5, 0.6) is 11.5 Å². The summed E-state index contributed by atoms with van der Waals surface area (Å²) in [5.41, 5.74) is 1.04. The lowest BCUT2D eigenvalue weighted by Gasteiger charge is -2.14. The van der Waals surface area contributed by atoms with Gasteiger partial charge in [0.1, 0.15) is 11.5 Å². The third-order valence-electron chi connectivity index (χ3n) is 2.95. The molecule has 4 heteroatoms. The van der Waals surface area contributed by atoms with Gasteiger partial charge in [-0.25, -0.2) is 0 Å². The molecule has 2 aromatic rings. The van der Waals surface area contributed by atoms with Gasteiger partial charge in [-0.3, -0.25) is 0 Å². The molecule has 112 valence electrons. The van der Waals surface area contributed by atoms with Crippen LogP contribution in [-0.4, -0.2) is 6.54 Å². The van der Waals surface area contributed by atoms with E-state index in [0.717, 1.165) is 24.4 Å². The molecule has 1 N–H and O–H groups in total. The van der Waals surface area contributed by atoms with E-state index in [1.807, 2.05) is 30.3 Å². The minimum atomic E-state index is 0.602. The predicted octanol–water partition coefficient (Wildman–Crippen LogP) is 5.53. The van der Waals surface area contributed by atoms with Crippen molar-refractivity contribution < 1.29 is 4.74 Å². The number of hydrogen-bond acceptors (Lipinski definition) is 2. The first-order valence-electron chi connectivity index (χ1n) is 6.98. The van der Waals surface area contributed by atoms with Crippen LogP contribution in [0.4, 0.5) is 0 Å². The first kappa shape index (κ1) is 16.2. The summed E-state index contributed by atoms with van der Waals surface area (Å²) in [6, 6.07) is 13.0. The monoisotopic (exact) mass is 323 g/mol. The van der Waals surface area contributed by atoms with Crippen LogP contribution in [0, 0.1) is 5.92 Å². The van der Waals surface area contributed by atoms with Gasteiger partial charge in [-0.1, -0.05) is 49.2 Å². The van der Waals surface area contributed by atoms with Gasteiger partial charge in [0.15, 0.2) is 0 Å². The number of benzene rings is 2. The zero-order valence-electron chi connectivity index (χ0n) is 12.2. The fourth-order valence-electron chi connectivity index (χ4n) is 1.92. The molecule has 21 heavy (non-hydrogen) atoms. The van der Waals surface area contributed by atoms with E-state index in [1.165, 1.54) is 0 Å². The maximum atomic E-state index is 6.27. The largest absolute Gasteiger partial charge is 0.455 e. The zero-order chi connectivity index (χ0) is 15.2. The lowest BCUT2D eigenvalue weighted by Crippen LogP contribution is -2.19. The Balaban J connectivity index is 2.15. The standard InChI is InChI=1S/C17H19Cl2NO/c1-12(2)10-20-11-13-4-3-5-16(19)17(13)21-15-8-6-14(18)7-9-15/h3-9,12,20H,10-11H2,1-2H3. The first-order chi connectivity index (χ1) is 10.1. The van der Waals surface area contributed by atoms with Gasteiger partial charge >= 0.3 is 0 Å². The van der Waals surface area contributed by atoms with Crippen molar-refractivity contribution >= 4 is 23.2 Å². The molecule has 0 heterocycles. The number of halogens is 2. The Hall–Kier alpha value is -1.22. The third-order valence-corrected chi connectivity index (χ3v) is 3.50. The summed E-state index contributed by atoms with van der Waals surface area (Å²) in [5, 5.41) is 4.69. The van der Waals surface area contributed by atoms with Crippen LogP contribution >= 0.6 is 23.2 Å². The molecule has 0 amide bonds. The van der Waals surface area contributed by atoms with Crippen molar-refractivity contribution in [3.8, 4) is 11.5 Å². The van der Waals surface area contributed by atoms with E-state index in [0.29, 0.717) is 21.7 Å². The first-order valence-corrected chi connectivity index (χ1v) is 7.73. The topological polar surface area (TPSA) is 21.3 Å². The smallest absolute Gasteiger partial charge is 0.150 e. The molecule has 0 fully saturated rings. The molecule has 0 aliphatic heterocycles. The second-order valence-corrected chi connectivity index (χ2v) is 6.15. The molecule has 2 aromatic carbocycles. The highest BCUT2D eigenvalue weighted by Gasteiger charge is 2.10. The van der Waals surface area contributed by atoms with E-state index in [4.69, 9.17) is 27.9 Å². The molecule has 0 aliphatic carbocycles. The molecule has 0 aromatic heterocycles. The Kier molecular flexibility index (Phi) is 5.92. The zero-order valence-corrected chi connectivity index (χ0v) is 13.7. The summed E-state index contributed by atoms with van der Waals surface area (Å²) in [6.45, 7) is 6.03. The van der Waals surface area contributed by atoms with Crippen LogP contribution in [0.3, 0.4) is 0 Å². The van der Waals surface area contributed by atoms with Crippen LogP contribution < -0.4 is 10.1 Å². The highest BCUT2D eigenvalue weighted by molar-refractivity contribution is 6.32. The summed E-state index contributed by atoms with van der Waals surface area (Å²) in [6.07, 6.45) is 0. The number of hydrogen-bond donors (Lipinski definition) is 1. The minimum absolute atomic E-state index is 0.602. The van der Waals surface area contributed by atoms with Gasteiger partial charge in [0.2, 0.25) is 0 Å². The maximum Gasteiger partial charge on any atom is 0.150 e. The van der Waals surface area contributed by atoms with Gasteiger partial charge < -0.3 is 10.1 Å². The van der Waals surface area contributed by atoms with Gasteiger partial charge in [0.25, 0.3) is 0 Å². The second kappa shape index (κ2) is 7.69. The van der Waals surface area contributed by atoms with Crippen molar-refractivity contribution in [3.63, 3.8) is 0 Å². The van der Waals surface area contributed by atoms with Gasteiger partial charge in [-0.05, 0) is 42.8 Å². The van der Waals surface area contributed by atoms with Crippen molar-refractivity contribution in [3.05, 3.63) is 58.1 Å². The summed E-state index contributed by atoms with van der Waals surface area (Å²) in [5.74, 6) is 2.01. The minimum Gasteiger partial charge on any atom is -0.455 e. The fraction of sp³-hybridized carbons (Fsp3) is 0.294. The van der Waals surface area contributed by atoms with E-state index in [9.17, 15) is 0 Å². The predicted molar refractivity (Wildman–Crippen MR) is 89.5 cm³/mol. The fourth-order valence-corrected chi connectivity index (χ4v) is 2.28. The summed E-state index contributed by atoms with van der Waals surface area (Å²) in [4.78, 5) is 0. The van der Waals surface area contributed by atoms with E-state index in [2.05, 4.69) is 19.2 Å². The average molecular weight is 324 g/mol. The maximum absolute atomic E-state index is 6.27. The quantitative estimate of drug-likeness (QED) is 0.754. The molecule has 0 spiro atoms. The van der Waals surface area contributed by atoms with Crippen molar-refractivity contribution in [2.45, 2.75) is 20.4 Å². The van der Waals surface area contributed by atoms with Crippen LogP contribution in [-0.2, 0) is 6.54 Å². The Morgan fingerprint density at radius 1 is 1.05 bits per heavy atom. The summed E-state index contributed by atoms with van der Waals surface area (Å²) >= 11 is 12.2. The molecular formula is C17H19Cl2NO.